The van der Waals surface area contributed by atoms with Gasteiger partial charge in [-0.1, -0.05) is 247 Å². The summed E-state index contributed by atoms with van der Waals surface area (Å²) in [7, 11) is -4.38. The molecule has 3 N–H and O–H groups in total. The summed E-state index contributed by atoms with van der Waals surface area (Å²) in [4.78, 5) is 35.0. The third kappa shape index (κ3) is 54.8. The van der Waals surface area contributed by atoms with Gasteiger partial charge in [-0.25, -0.2) is 4.57 Å². The Morgan fingerprint density at radius 1 is 0.443 bits per heavy atom. The van der Waals surface area contributed by atoms with Crippen LogP contribution in [0.2, 0.25) is 0 Å². The summed E-state index contributed by atoms with van der Waals surface area (Å²) in [5.41, 5.74) is 5.36. The molecule has 0 aromatic rings. The van der Waals surface area contributed by atoms with Crippen molar-refractivity contribution in [3.63, 3.8) is 0 Å². The zero-order valence-corrected chi connectivity index (χ0v) is 46.1. The van der Waals surface area contributed by atoms with Crippen molar-refractivity contribution in [2.45, 2.75) is 270 Å². The van der Waals surface area contributed by atoms with E-state index in [1.165, 1.54) is 141 Å². The van der Waals surface area contributed by atoms with Gasteiger partial charge in [-0.3, -0.25) is 18.6 Å². The smallest absolute Gasteiger partial charge is 0.462 e. The number of hydrogen-bond donors (Lipinski definition) is 2. The summed E-state index contributed by atoms with van der Waals surface area (Å²) in [6, 6.07) is 0. The lowest BCUT2D eigenvalue weighted by Gasteiger charge is -2.19. The first-order chi connectivity index (χ1) is 34.3. The van der Waals surface area contributed by atoms with Gasteiger partial charge in [-0.05, 0) is 77.0 Å². The van der Waals surface area contributed by atoms with Crippen LogP contribution in [0.1, 0.15) is 264 Å². The van der Waals surface area contributed by atoms with Crippen LogP contribution in [-0.2, 0) is 32.7 Å². The molecule has 70 heavy (non-hydrogen) atoms. The Kier molecular flexibility index (Phi) is 53.7. The summed E-state index contributed by atoms with van der Waals surface area (Å²) >= 11 is 0. The fourth-order valence-corrected chi connectivity index (χ4v) is 8.84. The lowest BCUT2D eigenvalue weighted by atomic mass is 10.0. The Hall–Kier alpha value is -2.55. The van der Waals surface area contributed by atoms with Crippen LogP contribution in [-0.4, -0.2) is 49.3 Å². The van der Waals surface area contributed by atoms with Crippen molar-refractivity contribution < 1.29 is 37.6 Å². The highest BCUT2D eigenvalue weighted by molar-refractivity contribution is 7.47. The Morgan fingerprint density at radius 3 is 1.19 bits per heavy atom. The van der Waals surface area contributed by atoms with Crippen LogP contribution in [0.3, 0.4) is 0 Å². The van der Waals surface area contributed by atoms with Crippen molar-refractivity contribution in [3.05, 3.63) is 72.9 Å². The van der Waals surface area contributed by atoms with Crippen LogP contribution < -0.4 is 5.73 Å². The zero-order valence-electron chi connectivity index (χ0n) is 45.2. The summed E-state index contributed by atoms with van der Waals surface area (Å²) in [6.45, 7) is 3.56. The molecule has 0 aliphatic carbocycles. The second-order valence-corrected chi connectivity index (χ2v) is 20.6. The van der Waals surface area contributed by atoms with Gasteiger partial charge in [0.25, 0.3) is 0 Å². The number of hydrogen-bond acceptors (Lipinski definition) is 8. The first-order valence-electron chi connectivity index (χ1n) is 28.9. The molecule has 0 bridgehead atoms. The molecular weight excluding hydrogens is 894 g/mol. The second kappa shape index (κ2) is 55.8. The summed E-state index contributed by atoms with van der Waals surface area (Å²) < 4.78 is 32.9. The minimum atomic E-state index is -4.38. The molecule has 9 nitrogen and oxygen atoms in total. The molecule has 0 amide bonds. The third-order valence-corrected chi connectivity index (χ3v) is 13.3. The Labute approximate surface area is 431 Å². The molecular formula is C60H108NO8P. The number of phosphoric acid groups is 1. The molecule has 10 heteroatoms. The average Bonchev–Trinajstić information content (AvgIpc) is 3.35. The molecule has 2 unspecified atom stereocenters. The number of nitrogens with two attached hydrogens (primary N) is 1. The summed E-state index contributed by atoms with van der Waals surface area (Å²) in [5, 5.41) is 0. The van der Waals surface area contributed by atoms with Crippen molar-refractivity contribution in [2.75, 3.05) is 26.4 Å². The van der Waals surface area contributed by atoms with Crippen LogP contribution in [0, 0.1) is 0 Å². The summed E-state index contributed by atoms with van der Waals surface area (Å²) in [5.74, 6) is -0.834. The molecule has 0 saturated carbocycles. The normalized spacial score (nSPS) is 13.6. The molecule has 0 radical (unpaired) electrons. The molecule has 0 heterocycles. The summed E-state index contributed by atoms with van der Waals surface area (Å²) in [6.07, 6.45) is 71.4. The molecule has 2 atom stereocenters. The van der Waals surface area contributed by atoms with Gasteiger partial charge in [0.15, 0.2) is 6.10 Å². The van der Waals surface area contributed by atoms with Crippen molar-refractivity contribution in [1.82, 2.24) is 0 Å². The SMILES string of the molecule is CC/C=C\C/C=C\C/C=C\C/C=C\C/C=C\CCCCCCCCCCCCCCCCCCCCCCCCCC(=O)OC(COC(=O)CCCCCCC/C=C\CCC)COP(=O)(O)OCCN. The van der Waals surface area contributed by atoms with Gasteiger partial charge in [-0.2, -0.15) is 0 Å². The van der Waals surface area contributed by atoms with E-state index in [4.69, 9.17) is 24.3 Å². The van der Waals surface area contributed by atoms with E-state index in [-0.39, 0.29) is 32.6 Å². The average molecular weight is 1000 g/mol. The van der Waals surface area contributed by atoms with Crippen molar-refractivity contribution in [3.8, 4) is 0 Å². The number of allylic oxidation sites excluding steroid dienone is 12. The van der Waals surface area contributed by atoms with Crippen LogP contribution >= 0.6 is 7.82 Å². The van der Waals surface area contributed by atoms with Gasteiger partial charge in [0.2, 0.25) is 0 Å². The molecule has 0 aromatic heterocycles. The number of carbonyl (C=O) groups is 2. The number of rotatable bonds is 54. The molecule has 0 aliphatic rings. The second-order valence-electron chi connectivity index (χ2n) is 19.1. The molecule has 406 valence electrons. The maximum absolute atomic E-state index is 12.6. The van der Waals surface area contributed by atoms with Gasteiger partial charge in [0.05, 0.1) is 13.2 Å². The first kappa shape index (κ1) is 67.5. The van der Waals surface area contributed by atoms with Crippen LogP contribution in [0.4, 0.5) is 0 Å². The van der Waals surface area contributed by atoms with Crippen LogP contribution in [0.5, 0.6) is 0 Å². The minimum absolute atomic E-state index is 0.0523. The number of ether oxygens (including phenoxy) is 2. The van der Waals surface area contributed by atoms with E-state index >= 15 is 0 Å². The third-order valence-electron chi connectivity index (χ3n) is 12.3. The first-order valence-corrected chi connectivity index (χ1v) is 30.4. The standard InChI is InChI=1S/C60H108NO8P/c1-3-5-7-9-11-13-15-16-17-18-19-20-21-22-23-24-25-26-27-28-29-30-31-32-33-34-35-36-37-38-39-40-41-42-43-45-47-49-51-53-60(63)69-58(57-68-70(64,65)67-55-54-61)56-66-59(62)52-50-48-46-44-14-12-10-8-6-4-2/h5,7-8,10-11,13,16-17,19-20,22-23,58H,3-4,6,9,12,14-15,18,21,24-57,61H2,1-2H3,(H,64,65)/b7-5-,10-8-,13-11-,17-16-,20-19-,23-22-. The monoisotopic (exact) mass is 1000 g/mol. The van der Waals surface area contributed by atoms with E-state index in [9.17, 15) is 19.0 Å². The number of carbonyl (C=O) groups excluding carboxylic acids is 2. The van der Waals surface area contributed by atoms with Crippen LogP contribution in [0.25, 0.3) is 0 Å². The van der Waals surface area contributed by atoms with E-state index < -0.39 is 32.5 Å². The molecule has 0 fully saturated rings. The predicted molar refractivity (Wildman–Crippen MR) is 298 cm³/mol. The molecule has 0 aliphatic heterocycles. The van der Waals surface area contributed by atoms with Gasteiger partial charge < -0.3 is 20.1 Å². The van der Waals surface area contributed by atoms with E-state index in [0.29, 0.717) is 6.42 Å². The molecule has 0 saturated heterocycles. The van der Waals surface area contributed by atoms with Crippen LogP contribution in [0.15, 0.2) is 72.9 Å². The van der Waals surface area contributed by atoms with Crippen molar-refractivity contribution in [1.29, 1.82) is 0 Å². The lowest BCUT2D eigenvalue weighted by Crippen LogP contribution is -2.29. The fourth-order valence-electron chi connectivity index (χ4n) is 8.08. The topological polar surface area (TPSA) is 134 Å². The van der Waals surface area contributed by atoms with Gasteiger partial charge in [-0.15, -0.1) is 0 Å². The van der Waals surface area contributed by atoms with E-state index in [2.05, 4.69) is 86.8 Å². The quantitative estimate of drug-likeness (QED) is 0.0264. The zero-order chi connectivity index (χ0) is 51.0. The van der Waals surface area contributed by atoms with Gasteiger partial charge in [0.1, 0.15) is 6.61 Å². The molecule has 0 aromatic carbocycles. The highest BCUT2D eigenvalue weighted by Gasteiger charge is 2.26. The molecule has 0 rings (SSSR count). The predicted octanol–water partition coefficient (Wildman–Crippen LogP) is 18.1. The minimum Gasteiger partial charge on any atom is -0.462 e. The number of unbranched alkanes of at least 4 members (excludes halogenated alkanes) is 29. The Balaban J connectivity index is 3.74. The maximum atomic E-state index is 12.6. The largest absolute Gasteiger partial charge is 0.472 e. The highest BCUT2D eigenvalue weighted by atomic mass is 31.2. The van der Waals surface area contributed by atoms with E-state index in [1.807, 2.05) is 0 Å². The van der Waals surface area contributed by atoms with E-state index in [0.717, 1.165) is 89.9 Å². The lowest BCUT2D eigenvalue weighted by molar-refractivity contribution is -0.161. The highest BCUT2D eigenvalue weighted by Crippen LogP contribution is 2.43. The number of esters is 2. The van der Waals surface area contributed by atoms with Gasteiger partial charge in [0, 0.05) is 19.4 Å². The Morgan fingerprint density at radius 2 is 0.786 bits per heavy atom. The van der Waals surface area contributed by atoms with Crippen molar-refractivity contribution in [2.24, 2.45) is 5.73 Å². The van der Waals surface area contributed by atoms with Crippen molar-refractivity contribution >= 4 is 19.8 Å². The maximum Gasteiger partial charge on any atom is 0.472 e. The Bertz CT molecular complexity index is 1370. The van der Waals surface area contributed by atoms with Gasteiger partial charge >= 0.3 is 19.8 Å². The fraction of sp³-hybridized carbons (Fsp3) is 0.767. The molecule has 0 spiro atoms. The number of phosphoric ester groups is 1. The van der Waals surface area contributed by atoms with E-state index in [1.54, 1.807) is 0 Å².